The first-order chi connectivity index (χ1) is 9.49. The second kappa shape index (κ2) is 5.62. The van der Waals surface area contributed by atoms with E-state index < -0.39 is 29.3 Å². The average Bonchev–Trinajstić information content (AvgIpc) is 2.73. The molecule has 2 N–H and O–H groups in total. The van der Waals surface area contributed by atoms with Crippen LogP contribution in [0.1, 0.15) is 19.8 Å². The van der Waals surface area contributed by atoms with E-state index >= 15 is 0 Å². The van der Waals surface area contributed by atoms with Gasteiger partial charge in [-0.2, -0.15) is 5.10 Å². The van der Waals surface area contributed by atoms with Gasteiger partial charge in [0.15, 0.2) is 17.5 Å². The molecule has 0 fully saturated rings. The van der Waals surface area contributed by atoms with Crippen LogP contribution in [0, 0.1) is 23.4 Å². The van der Waals surface area contributed by atoms with Crippen molar-refractivity contribution in [1.82, 2.24) is 0 Å². The lowest BCUT2D eigenvalue weighted by Crippen LogP contribution is -2.29. The molecule has 1 unspecified atom stereocenters. The predicted molar refractivity (Wildman–Crippen MR) is 68.7 cm³/mol. The minimum atomic E-state index is -1.57. The van der Waals surface area contributed by atoms with Gasteiger partial charge in [-0.1, -0.05) is 6.92 Å². The zero-order valence-electron chi connectivity index (χ0n) is 10.9. The molecule has 7 heteroatoms. The Morgan fingerprint density at radius 1 is 1.30 bits per heavy atom. The van der Waals surface area contributed by atoms with Crippen LogP contribution in [0.5, 0.6) is 0 Å². The first-order valence-electron chi connectivity index (χ1n) is 6.25. The van der Waals surface area contributed by atoms with Gasteiger partial charge < -0.3 is 5.73 Å². The van der Waals surface area contributed by atoms with Crippen molar-refractivity contribution in [2.24, 2.45) is 16.8 Å². The quantitative estimate of drug-likeness (QED) is 0.862. The number of halogens is 3. The fourth-order valence-electron chi connectivity index (χ4n) is 2.16. The summed E-state index contributed by atoms with van der Waals surface area (Å²) in [5, 5.41) is 4.97. The number of hydrogen-bond acceptors (Lipinski definition) is 3. The van der Waals surface area contributed by atoms with Gasteiger partial charge in [0.25, 0.3) is 5.91 Å². The standard InChI is InChI=1S/C13H14F3N3O/c1-2-11-8(3-4-17)13(20)19(18-11)7-5-9(14)12(16)10(15)6-7/h5-6,8H,2-4,17H2,1H3. The number of rotatable bonds is 4. The molecule has 1 heterocycles. The summed E-state index contributed by atoms with van der Waals surface area (Å²) in [6, 6.07) is 1.50. The molecule has 0 saturated carbocycles. The molecule has 0 bridgehead atoms. The maximum Gasteiger partial charge on any atom is 0.256 e. The van der Waals surface area contributed by atoms with E-state index in [9.17, 15) is 18.0 Å². The lowest BCUT2D eigenvalue weighted by Gasteiger charge is -2.14. The highest BCUT2D eigenvalue weighted by atomic mass is 19.2. The zero-order valence-corrected chi connectivity index (χ0v) is 10.9. The number of nitrogens with two attached hydrogens (primary N) is 1. The summed E-state index contributed by atoms with van der Waals surface area (Å²) in [4.78, 5) is 12.2. The van der Waals surface area contributed by atoms with Crippen molar-refractivity contribution in [3.8, 4) is 0 Å². The van der Waals surface area contributed by atoms with Crippen molar-refractivity contribution in [2.75, 3.05) is 11.6 Å². The number of carbonyl (C=O) groups is 1. The molecule has 0 radical (unpaired) electrons. The third-order valence-corrected chi connectivity index (χ3v) is 3.17. The maximum atomic E-state index is 13.2. The summed E-state index contributed by atoms with van der Waals surface area (Å²) in [7, 11) is 0. The van der Waals surface area contributed by atoms with Crippen LogP contribution in [0.15, 0.2) is 17.2 Å². The molecule has 0 saturated heterocycles. The van der Waals surface area contributed by atoms with Crippen LogP contribution in [0.4, 0.5) is 18.9 Å². The van der Waals surface area contributed by atoms with Crippen molar-refractivity contribution in [1.29, 1.82) is 0 Å². The molecular weight excluding hydrogens is 271 g/mol. The second-order valence-electron chi connectivity index (χ2n) is 4.45. The van der Waals surface area contributed by atoms with Crippen molar-refractivity contribution in [2.45, 2.75) is 19.8 Å². The van der Waals surface area contributed by atoms with Crippen molar-refractivity contribution >= 4 is 17.3 Å². The lowest BCUT2D eigenvalue weighted by molar-refractivity contribution is -0.119. The Balaban J connectivity index is 2.39. The monoisotopic (exact) mass is 285 g/mol. The molecule has 4 nitrogen and oxygen atoms in total. The molecule has 1 aromatic carbocycles. The van der Waals surface area contributed by atoms with Gasteiger partial charge in [0.1, 0.15) is 0 Å². The summed E-state index contributed by atoms with van der Waals surface area (Å²) in [6.07, 6.45) is 0.938. The number of nitrogens with zero attached hydrogens (tertiary/aromatic N) is 2. The summed E-state index contributed by atoms with van der Waals surface area (Å²) in [6.45, 7) is 2.13. The van der Waals surface area contributed by atoms with E-state index in [2.05, 4.69) is 5.10 Å². The molecule has 20 heavy (non-hydrogen) atoms. The SMILES string of the molecule is CCC1=NN(c2cc(F)c(F)c(F)c2)C(=O)C1CCN. The third-order valence-electron chi connectivity index (χ3n) is 3.17. The summed E-state index contributed by atoms with van der Waals surface area (Å²) in [5.41, 5.74) is 5.92. The molecule has 1 atom stereocenters. The van der Waals surface area contributed by atoms with Crippen LogP contribution in [-0.4, -0.2) is 18.2 Å². The Kier molecular flexibility index (Phi) is 4.08. The van der Waals surface area contributed by atoms with Crippen molar-refractivity contribution in [3.05, 3.63) is 29.6 Å². The first kappa shape index (κ1) is 14.5. The number of benzene rings is 1. The number of carbonyl (C=O) groups excluding carboxylic acids is 1. The van der Waals surface area contributed by atoms with Gasteiger partial charge in [-0.15, -0.1) is 0 Å². The molecule has 1 aliphatic rings. The van der Waals surface area contributed by atoms with Gasteiger partial charge >= 0.3 is 0 Å². The number of hydrazone groups is 1. The molecule has 1 aliphatic heterocycles. The minimum absolute atomic E-state index is 0.128. The number of anilines is 1. The van der Waals surface area contributed by atoms with E-state index in [1.807, 2.05) is 6.92 Å². The van der Waals surface area contributed by atoms with E-state index in [4.69, 9.17) is 5.73 Å². The Bertz CT molecular complexity index is 551. The van der Waals surface area contributed by atoms with Gasteiger partial charge in [-0.25, -0.2) is 18.2 Å². The van der Waals surface area contributed by atoms with Crippen LogP contribution in [-0.2, 0) is 4.79 Å². The Morgan fingerprint density at radius 3 is 2.40 bits per heavy atom. The van der Waals surface area contributed by atoms with Crippen LogP contribution in [0.2, 0.25) is 0 Å². The Labute approximate surface area is 114 Å². The van der Waals surface area contributed by atoms with Crippen LogP contribution < -0.4 is 10.7 Å². The highest BCUT2D eigenvalue weighted by molar-refractivity contribution is 6.15. The number of hydrogen-bond donors (Lipinski definition) is 1. The summed E-state index contributed by atoms with van der Waals surface area (Å²) < 4.78 is 39.4. The minimum Gasteiger partial charge on any atom is -0.330 e. The van der Waals surface area contributed by atoms with E-state index in [0.717, 1.165) is 17.1 Å². The topological polar surface area (TPSA) is 58.7 Å². The Morgan fingerprint density at radius 2 is 1.90 bits per heavy atom. The van der Waals surface area contributed by atoms with Crippen molar-refractivity contribution in [3.63, 3.8) is 0 Å². The van der Waals surface area contributed by atoms with Gasteiger partial charge in [0, 0.05) is 12.1 Å². The van der Waals surface area contributed by atoms with Crippen LogP contribution >= 0.6 is 0 Å². The van der Waals surface area contributed by atoms with Gasteiger partial charge in [0.2, 0.25) is 0 Å². The summed E-state index contributed by atoms with van der Waals surface area (Å²) >= 11 is 0. The second-order valence-corrected chi connectivity index (χ2v) is 4.45. The highest BCUT2D eigenvalue weighted by Gasteiger charge is 2.35. The Hall–Kier alpha value is -1.89. The van der Waals surface area contributed by atoms with E-state index in [0.29, 0.717) is 25.1 Å². The summed E-state index contributed by atoms with van der Waals surface area (Å²) in [5.74, 6) is -5.18. The highest BCUT2D eigenvalue weighted by Crippen LogP contribution is 2.28. The molecule has 2 rings (SSSR count). The zero-order chi connectivity index (χ0) is 14.9. The number of amides is 1. The smallest absolute Gasteiger partial charge is 0.256 e. The molecular formula is C13H14F3N3O. The molecule has 0 aromatic heterocycles. The van der Waals surface area contributed by atoms with Crippen molar-refractivity contribution < 1.29 is 18.0 Å². The molecule has 0 aliphatic carbocycles. The third kappa shape index (κ3) is 2.40. The molecule has 108 valence electrons. The fraction of sp³-hybridized carbons (Fsp3) is 0.385. The van der Waals surface area contributed by atoms with E-state index in [1.54, 1.807) is 0 Å². The average molecular weight is 285 g/mol. The maximum absolute atomic E-state index is 13.2. The fourth-order valence-corrected chi connectivity index (χ4v) is 2.16. The normalized spacial score (nSPS) is 18.6. The first-order valence-corrected chi connectivity index (χ1v) is 6.25. The van der Waals surface area contributed by atoms with Gasteiger partial charge in [-0.3, -0.25) is 4.79 Å². The molecule has 1 aromatic rings. The van der Waals surface area contributed by atoms with Gasteiger partial charge in [-0.05, 0) is 19.4 Å². The molecule has 1 amide bonds. The molecule has 0 spiro atoms. The largest absolute Gasteiger partial charge is 0.330 e. The van der Waals surface area contributed by atoms with Crippen LogP contribution in [0.3, 0.4) is 0 Å². The van der Waals surface area contributed by atoms with Crippen LogP contribution in [0.25, 0.3) is 0 Å². The van der Waals surface area contributed by atoms with Gasteiger partial charge in [0.05, 0.1) is 17.3 Å². The predicted octanol–water partition coefficient (Wildman–Crippen LogP) is 2.18. The lowest BCUT2D eigenvalue weighted by atomic mass is 9.98. The van der Waals surface area contributed by atoms with E-state index in [1.165, 1.54) is 0 Å². The van der Waals surface area contributed by atoms with E-state index in [-0.39, 0.29) is 5.69 Å².